The van der Waals surface area contributed by atoms with Gasteiger partial charge < -0.3 is 19.4 Å². The van der Waals surface area contributed by atoms with Crippen LogP contribution in [0.1, 0.15) is 17.2 Å². The van der Waals surface area contributed by atoms with E-state index in [1.807, 2.05) is 6.92 Å². The molecule has 0 radical (unpaired) electrons. The van der Waals surface area contributed by atoms with Crippen molar-refractivity contribution in [3.63, 3.8) is 0 Å². The lowest BCUT2D eigenvalue weighted by Crippen LogP contribution is -2.31. The predicted molar refractivity (Wildman–Crippen MR) is 91.1 cm³/mol. The number of carbonyl (C=O) groups is 1. The van der Waals surface area contributed by atoms with E-state index in [0.29, 0.717) is 42.2 Å². The lowest BCUT2D eigenvalue weighted by atomic mass is 10.1. The molecule has 1 unspecified atom stereocenters. The molecule has 0 saturated carbocycles. The minimum absolute atomic E-state index is 0.0574. The summed E-state index contributed by atoms with van der Waals surface area (Å²) < 4.78 is 13.1. The van der Waals surface area contributed by atoms with Crippen molar-refractivity contribution in [3.05, 3.63) is 34.4 Å². The third kappa shape index (κ3) is 3.28. The highest BCUT2D eigenvalue weighted by molar-refractivity contribution is 6.31. The van der Waals surface area contributed by atoms with Gasteiger partial charge in [-0.25, -0.2) is 0 Å². The molecule has 4 rings (SSSR count). The van der Waals surface area contributed by atoms with Crippen molar-refractivity contribution < 1.29 is 14.3 Å². The van der Waals surface area contributed by atoms with Gasteiger partial charge in [0.15, 0.2) is 11.5 Å². The summed E-state index contributed by atoms with van der Waals surface area (Å²) >= 11 is 6.26. The molecule has 0 bridgehead atoms. The molecule has 1 amide bonds. The summed E-state index contributed by atoms with van der Waals surface area (Å²) in [6, 6.07) is 3.50. The van der Waals surface area contributed by atoms with E-state index in [9.17, 15) is 4.79 Å². The van der Waals surface area contributed by atoms with E-state index in [4.69, 9.17) is 21.1 Å². The summed E-state index contributed by atoms with van der Waals surface area (Å²) in [7, 11) is 0. The Hall–Kier alpha value is -2.28. The maximum atomic E-state index is 12.3. The second kappa shape index (κ2) is 6.55. The maximum absolute atomic E-state index is 12.3. The monoisotopic (exact) mass is 362 g/mol. The number of nitrogens with one attached hydrogen (secondary N) is 1. The number of carbonyl (C=O) groups excluding carboxylic acids is 1. The number of ether oxygens (including phenoxy) is 2. The molecule has 132 valence electrons. The fourth-order valence-electron chi connectivity index (χ4n) is 3.27. The van der Waals surface area contributed by atoms with Gasteiger partial charge in [0.1, 0.15) is 24.9 Å². The van der Waals surface area contributed by atoms with Crippen LogP contribution in [0.4, 0.5) is 0 Å². The molecule has 25 heavy (non-hydrogen) atoms. The van der Waals surface area contributed by atoms with Crippen LogP contribution in [-0.2, 0) is 24.2 Å². The summed E-state index contributed by atoms with van der Waals surface area (Å²) in [5.41, 5.74) is 0.739. The Kier molecular flexibility index (Phi) is 4.25. The Balaban J connectivity index is 1.34. The fraction of sp³-hybridized carbons (Fsp3) is 0.471. The van der Waals surface area contributed by atoms with Gasteiger partial charge in [-0.15, -0.1) is 10.2 Å². The molecule has 7 nitrogen and oxygen atoms in total. The number of aromatic nitrogens is 3. The molecule has 2 aliphatic heterocycles. The zero-order valence-corrected chi connectivity index (χ0v) is 14.7. The summed E-state index contributed by atoms with van der Waals surface area (Å²) in [5.74, 6) is 3.48. The Morgan fingerprint density at radius 3 is 2.84 bits per heavy atom. The third-order valence-corrected chi connectivity index (χ3v) is 4.93. The minimum atomic E-state index is -0.0574. The Labute approximate surface area is 150 Å². The second-order valence-electron chi connectivity index (χ2n) is 6.41. The van der Waals surface area contributed by atoms with Crippen LogP contribution < -0.4 is 14.8 Å². The average Bonchev–Trinajstić information content (AvgIpc) is 3.15. The Morgan fingerprint density at radius 2 is 2.08 bits per heavy atom. The minimum Gasteiger partial charge on any atom is -0.486 e. The van der Waals surface area contributed by atoms with Gasteiger partial charge in [-0.3, -0.25) is 4.79 Å². The van der Waals surface area contributed by atoms with Gasteiger partial charge in [0, 0.05) is 36.5 Å². The first-order valence-electron chi connectivity index (χ1n) is 8.33. The van der Waals surface area contributed by atoms with Gasteiger partial charge in [0.2, 0.25) is 5.91 Å². The number of halogens is 1. The van der Waals surface area contributed by atoms with Crippen molar-refractivity contribution in [1.29, 1.82) is 0 Å². The van der Waals surface area contributed by atoms with Crippen molar-refractivity contribution in [2.24, 2.45) is 5.92 Å². The summed E-state index contributed by atoms with van der Waals surface area (Å²) in [4.78, 5) is 12.3. The number of fused-ring (bicyclic) bond motifs is 2. The first-order valence-corrected chi connectivity index (χ1v) is 8.71. The largest absolute Gasteiger partial charge is 0.486 e. The van der Waals surface area contributed by atoms with Crippen LogP contribution in [0.25, 0.3) is 0 Å². The maximum Gasteiger partial charge on any atom is 0.224 e. The van der Waals surface area contributed by atoms with Crippen molar-refractivity contribution in [1.82, 2.24) is 20.1 Å². The van der Waals surface area contributed by atoms with Gasteiger partial charge in [-0.1, -0.05) is 11.6 Å². The van der Waals surface area contributed by atoms with Crippen LogP contribution in [-0.4, -0.2) is 40.4 Å². The van der Waals surface area contributed by atoms with Crippen LogP contribution in [0.3, 0.4) is 0 Å². The smallest absolute Gasteiger partial charge is 0.224 e. The number of hydrogen-bond donors (Lipinski definition) is 1. The second-order valence-corrected chi connectivity index (χ2v) is 6.82. The van der Waals surface area contributed by atoms with Crippen molar-refractivity contribution in [2.45, 2.75) is 26.3 Å². The molecule has 3 heterocycles. The van der Waals surface area contributed by atoms with Gasteiger partial charge in [0.05, 0.1) is 6.42 Å². The van der Waals surface area contributed by atoms with Crippen molar-refractivity contribution >= 4 is 17.5 Å². The first-order chi connectivity index (χ1) is 12.1. The first kappa shape index (κ1) is 16.2. The molecular weight excluding hydrogens is 344 g/mol. The van der Waals surface area contributed by atoms with E-state index in [1.54, 1.807) is 12.1 Å². The molecule has 0 saturated heterocycles. The zero-order valence-electron chi connectivity index (χ0n) is 13.9. The molecule has 0 aliphatic carbocycles. The zero-order chi connectivity index (χ0) is 17.4. The highest BCUT2D eigenvalue weighted by Crippen LogP contribution is 2.35. The van der Waals surface area contributed by atoms with Gasteiger partial charge >= 0.3 is 0 Å². The van der Waals surface area contributed by atoms with E-state index >= 15 is 0 Å². The van der Waals surface area contributed by atoms with Crippen LogP contribution in [0, 0.1) is 12.8 Å². The van der Waals surface area contributed by atoms with Gasteiger partial charge in [-0.05, 0) is 18.6 Å². The average molecular weight is 363 g/mol. The van der Waals surface area contributed by atoms with Crippen LogP contribution in [0.2, 0.25) is 5.02 Å². The van der Waals surface area contributed by atoms with Crippen LogP contribution in [0.15, 0.2) is 12.1 Å². The summed E-state index contributed by atoms with van der Waals surface area (Å²) in [6.45, 7) is 4.42. The number of aryl methyl sites for hydroxylation is 1. The molecule has 2 aliphatic rings. The highest BCUT2D eigenvalue weighted by atomic mass is 35.5. The highest BCUT2D eigenvalue weighted by Gasteiger charge is 2.25. The molecule has 1 atom stereocenters. The van der Waals surface area contributed by atoms with E-state index in [1.165, 1.54) is 0 Å². The lowest BCUT2D eigenvalue weighted by Gasteiger charge is -2.19. The Bertz CT molecular complexity index is 820. The molecule has 2 aromatic rings. The van der Waals surface area contributed by atoms with E-state index in [0.717, 1.165) is 30.2 Å². The SMILES string of the molecule is Cc1nnc2n1CC(CNC(=O)Cc1cc3c(cc1Cl)OCCO3)C2. The van der Waals surface area contributed by atoms with E-state index in [2.05, 4.69) is 20.1 Å². The molecule has 0 spiro atoms. The molecule has 1 aromatic carbocycles. The number of nitrogens with zero attached hydrogens (tertiary/aromatic N) is 3. The topological polar surface area (TPSA) is 78.3 Å². The normalized spacial score (nSPS) is 18.1. The van der Waals surface area contributed by atoms with Gasteiger partial charge in [-0.2, -0.15) is 0 Å². The molecular formula is C17H19ClN4O3. The van der Waals surface area contributed by atoms with Crippen molar-refractivity contribution in [2.75, 3.05) is 19.8 Å². The van der Waals surface area contributed by atoms with Crippen molar-refractivity contribution in [3.8, 4) is 11.5 Å². The number of rotatable bonds is 4. The van der Waals surface area contributed by atoms with E-state index in [-0.39, 0.29) is 12.3 Å². The van der Waals surface area contributed by atoms with Crippen LogP contribution >= 0.6 is 11.6 Å². The van der Waals surface area contributed by atoms with E-state index < -0.39 is 0 Å². The summed E-state index contributed by atoms with van der Waals surface area (Å²) in [6.07, 6.45) is 1.05. The molecule has 1 aromatic heterocycles. The lowest BCUT2D eigenvalue weighted by molar-refractivity contribution is -0.120. The fourth-order valence-corrected chi connectivity index (χ4v) is 3.49. The summed E-state index contributed by atoms with van der Waals surface area (Å²) in [5, 5.41) is 11.7. The molecule has 8 heteroatoms. The predicted octanol–water partition coefficient (Wildman–Crippen LogP) is 1.54. The molecule has 1 N–H and O–H groups in total. The van der Waals surface area contributed by atoms with Gasteiger partial charge in [0.25, 0.3) is 0 Å². The molecule has 0 fully saturated rings. The number of amides is 1. The standard InChI is InChI=1S/C17H19ClN4O3/c1-10-20-21-16-4-11(9-22(10)16)8-19-17(23)6-12-5-14-15(7-13(12)18)25-3-2-24-14/h5,7,11H,2-4,6,8-9H2,1H3,(H,19,23). The third-order valence-electron chi connectivity index (χ3n) is 4.57. The Morgan fingerprint density at radius 1 is 1.32 bits per heavy atom. The number of benzene rings is 1. The quantitative estimate of drug-likeness (QED) is 0.892. The number of hydrogen-bond acceptors (Lipinski definition) is 5. The van der Waals surface area contributed by atoms with Crippen LogP contribution in [0.5, 0.6) is 11.5 Å².